The number of ether oxygens (including phenoxy) is 2. The Labute approximate surface area is 151 Å². The Morgan fingerprint density at radius 3 is 2.92 bits per heavy atom. The third-order valence-corrected chi connectivity index (χ3v) is 6.81. The third-order valence-electron chi connectivity index (χ3n) is 5.23. The fourth-order valence-corrected chi connectivity index (χ4v) is 5.40. The highest BCUT2D eigenvalue weighted by Crippen LogP contribution is 2.46. The summed E-state index contributed by atoms with van der Waals surface area (Å²) in [4.78, 5) is 18.1. The van der Waals surface area contributed by atoms with E-state index >= 15 is 0 Å². The molecule has 1 aromatic rings. The number of thioether (sulfide) groups is 1. The summed E-state index contributed by atoms with van der Waals surface area (Å²) in [6, 6.07) is 2.91. The van der Waals surface area contributed by atoms with E-state index in [1.54, 1.807) is 6.07 Å². The quantitative estimate of drug-likeness (QED) is 0.802. The predicted octanol–water partition coefficient (Wildman–Crippen LogP) is 2.65. The fraction of sp³-hybridized carbons (Fsp3) is 0.667. The molecule has 1 aliphatic carbocycles. The number of hydrogen-bond acceptors (Lipinski definition) is 5. The summed E-state index contributed by atoms with van der Waals surface area (Å²) >= 11 is 1.82. The molecule has 1 spiro atoms. The first kappa shape index (κ1) is 17.1. The van der Waals surface area contributed by atoms with Crippen LogP contribution in [0.1, 0.15) is 32.1 Å². The summed E-state index contributed by atoms with van der Waals surface area (Å²) in [7, 11) is 0. The molecular formula is C18H23FN2O3S. The minimum atomic E-state index is -0.428. The number of rotatable bonds is 5. The van der Waals surface area contributed by atoms with E-state index in [2.05, 4.69) is 4.98 Å². The number of carbonyl (C=O) groups excluding carboxylic acids is 1. The normalized spacial score (nSPS) is 25.3. The van der Waals surface area contributed by atoms with Crippen LogP contribution in [0.5, 0.6) is 5.88 Å². The molecule has 25 heavy (non-hydrogen) atoms. The van der Waals surface area contributed by atoms with Crippen molar-refractivity contribution < 1.29 is 18.7 Å². The van der Waals surface area contributed by atoms with Crippen LogP contribution in [0, 0.1) is 5.82 Å². The smallest absolute Gasteiger partial charge is 0.250 e. The van der Waals surface area contributed by atoms with Crippen molar-refractivity contribution in [3.05, 3.63) is 24.1 Å². The average Bonchev–Trinajstić information content (AvgIpc) is 3.23. The first-order chi connectivity index (χ1) is 12.1. The van der Waals surface area contributed by atoms with Crippen LogP contribution in [0.25, 0.3) is 0 Å². The van der Waals surface area contributed by atoms with Gasteiger partial charge in [0, 0.05) is 31.5 Å². The van der Waals surface area contributed by atoms with E-state index < -0.39 is 5.82 Å². The number of halogens is 1. The second kappa shape index (κ2) is 7.11. The van der Waals surface area contributed by atoms with Gasteiger partial charge >= 0.3 is 0 Å². The lowest BCUT2D eigenvalue weighted by molar-refractivity contribution is -0.143. The molecule has 136 valence electrons. The van der Waals surface area contributed by atoms with Gasteiger partial charge in [-0.15, -0.1) is 11.8 Å². The molecule has 3 fully saturated rings. The molecule has 1 saturated carbocycles. The molecule has 1 aromatic heterocycles. The van der Waals surface area contributed by atoms with Crippen molar-refractivity contribution in [3.63, 3.8) is 0 Å². The zero-order chi connectivity index (χ0) is 17.3. The van der Waals surface area contributed by atoms with Crippen LogP contribution in [-0.2, 0) is 9.53 Å². The van der Waals surface area contributed by atoms with Crippen molar-refractivity contribution in [2.24, 2.45) is 0 Å². The number of likely N-dealkylation sites (tertiary alicyclic amines) is 1. The maximum Gasteiger partial charge on any atom is 0.250 e. The molecule has 2 aliphatic heterocycles. The maximum atomic E-state index is 13.7. The SMILES string of the molecule is O=C(COC1CCCC1)N1CC2(C[C@@H](Oc3ncccc3F)CS2)C1. The summed E-state index contributed by atoms with van der Waals surface area (Å²) < 4.78 is 25.1. The average molecular weight is 366 g/mol. The first-order valence-corrected chi connectivity index (χ1v) is 9.93. The van der Waals surface area contributed by atoms with Crippen molar-refractivity contribution >= 4 is 17.7 Å². The molecule has 3 aliphatic rings. The minimum Gasteiger partial charge on any atom is -0.471 e. The Balaban J connectivity index is 1.23. The minimum absolute atomic E-state index is 0.0543. The molecule has 0 N–H and O–H groups in total. The van der Waals surface area contributed by atoms with Gasteiger partial charge in [0.05, 0.1) is 10.9 Å². The molecule has 3 heterocycles. The van der Waals surface area contributed by atoms with E-state index in [4.69, 9.17) is 9.47 Å². The van der Waals surface area contributed by atoms with E-state index in [1.807, 2.05) is 16.7 Å². The molecule has 0 unspecified atom stereocenters. The number of hydrogen-bond donors (Lipinski definition) is 0. The molecule has 1 atom stereocenters. The molecule has 5 nitrogen and oxygen atoms in total. The van der Waals surface area contributed by atoms with Gasteiger partial charge in [-0.25, -0.2) is 9.37 Å². The Morgan fingerprint density at radius 1 is 1.36 bits per heavy atom. The monoisotopic (exact) mass is 366 g/mol. The highest BCUT2D eigenvalue weighted by Gasteiger charge is 2.51. The third kappa shape index (κ3) is 3.77. The van der Waals surface area contributed by atoms with E-state index in [0.29, 0.717) is 0 Å². The van der Waals surface area contributed by atoms with Gasteiger partial charge in [0.1, 0.15) is 12.7 Å². The zero-order valence-electron chi connectivity index (χ0n) is 14.2. The van der Waals surface area contributed by atoms with Gasteiger partial charge in [-0.3, -0.25) is 4.79 Å². The molecule has 4 rings (SSSR count). The maximum absolute atomic E-state index is 13.7. The summed E-state index contributed by atoms with van der Waals surface area (Å²) in [5.41, 5.74) is 0. The summed E-state index contributed by atoms with van der Waals surface area (Å²) in [6.07, 6.45) is 7.14. The van der Waals surface area contributed by atoms with Gasteiger partial charge in [-0.2, -0.15) is 0 Å². The Morgan fingerprint density at radius 2 is 2.16 bits per heavy atom. The van der Waals surface area contributed by atoms with Gasteiger partial charge in [-0.1, -0.05) is 12.8 Å². The Bertz CT molecular complexity index is 633. The van der Waals surface area contributed by atoms with Crippen LogP contribution in [0.2, 0.25) is 0 Å². The van der Waals surface area contributed by atoms with Crippen LogP contribution in [0.15, 0.2) is 18.3 Å². The Kier molecular flexibility index (Phi) is 4.86. The number of carbonyl (C=O) groups is 1. The zero-order valence-corrected chi connectivity index (χ0v) is 15.0. The van der Waals surface area contributed by atoms with E-state index in [0.717, 1.165) is 38.1 Å². The number of nitrogens with zero attached hydrogens (tertiary/aromatic N) is 2. The molecule has 2 saturated heterocycles. The molecule has 0 bridgehead atoms. The van der Waals surface area contributed by atoms with Gasteiger partial charge in [0.15, 0.2) is 5.82 Å². The van der Waals surface area contributed by atoms with Crippen LogP contribution in [0.4, 0.5) is 4.39 Å². The van der Waals surface area contributed by atoms with Gasteiger partial charge in [-0.05, 0) is 25.0 Å². The largest absolute Gasteiger partial charge is 0.471 e. The van der Waals surface area contributed by atoms with Crippen LogP contribution in [-0.4, -0.2) is 58.2 Å². The summed E-state index contributed by atoms with van der Waals surface area (Å²) in [6.45, 7) is 1.66. The lowest BCUT2D eigenvalue weighted by atomic mass is 9.93. The number of amides is 1. The van der Waals surface area contributed by atoms with Crippen molar-refractivity contribution in [3.8, 4) is 5.88 Å². The number of pyridine rings is 1. The highest BCUT2D eigenvalue weighted by molar-refractivity contribution is 8.01. The summed E-state index contributed by atoms with van der Waals surface area (Å²) in [5, 5.41) is 0. The topological polar surface area (TPSA) is 51.7 Å². The first-order valence-electron chi connectivity index (χ1n) is 8.94. The van der Waals surface area contributed by atoms with Crippen molar-refractivity contribution in [1.29, 1.82) is 0 Å². The second-order valence-electron chi connectivity index (χ2n) is 7.20. The molecule has 1 amide bonds. The second-order valence-corrected chi connectivity index (χ2v) is 8.68. The highest BCUT2D eigenvalue weighted by atomic mass is 32.2. The molecular weight excluding hydrogens is 343 g/mol. The van der Waals surface area contributed by atoms with E-state index in [9.17, 15) is 9.18 Å². The lowest BCUT2D eigenvalue weighted by Crippen LogP contribution is -2.61. The van der Waals surface area contributed by atoms with E-state index in [1.165, 1.54) is 25.1 Å². The van der Waals surface area contributed by atoms with E-state index in [-0.39, 0.29) is 35.3 Å². The molecule has 7 heteroatoms. The van der Waals surface area contributed by atoms with Crippen LogP contribution < -0.4 is 4.74 Å². The molecule has 0 aromatic carbocycles. The summed E-state index contributed by atoms with van der Waals surface area (Å²) in [5.74, 6) is 0.528. The van der Waals surface area contributed by atoms with Crippen LogP contribution in [0.3, 0.4) is 0 Å². The van der Waals surface area contributed by atoms with Crippen molar-refractivity contribution in [2.45, 2.75) is 49.1 Å². The Hall–Kier alpha value is -1.34. The van der Waals surface area contributed by atoms with Gasteiger partial charge in [0.2, 0.25) is 5.91 Å². The van der Waals surface area contributed by atoms with Crippen molar-refractivity contribution in [2.75, 3.05) is 25.4 Å². The van der Waals surface area contributed by atoms with Gasteiger partial charge < -0.3 is 14.4 Å². The number of aromatic nitrogens is 1. The molecule has 0 radical (unpaired) electrons. The van der Waals surface area contributed by atoms with Crippen molar-refractivity contribution in [1.82, 2.24) is 9.88 Å². The van der Waals surface area contributed by atoms with Crippen LogP contribution >= 0.6 is 11.8 Å². The lowest BCUT2D eigenvalue weighted by Gasteiger charge is -2.47. The van der Waals surface area contributed by atoms with Gasteiger partial charge in [0.25, 0.3) is 5.88 Å². The fourth-order valence-electron chi connectivity index (χ4n) is 3.88. The predicted molar refractivity (Wildman–Crippen MR) is 93.2 cm³/mol. The standard InChI is InChI=1S/C18H23FN2O3S/c19-15-6-3-7-20-17(15)24-14-8-18(25-10-14)11-21(12-18)16(22)9-23-13-4-1-2-5-13/h3,6-7,13-14H,1-2,4-5,8-12H2/t14-/m1/s1.